The highest BCUT2D eigenvalue weighted by Gasteiger charge is 2.17. The van der Waals surface area contributed by atoms with E-state index in [1.165, 1.54) is 5.56 Å². The minimum absolute atomic E-state index is 0.118. The van der Waals surface area contributed by atoms with E-state index in [0.29, 0.717) is 11.5 Å². The second-order valence-electron chi connectivity index (χ2n) is 4.56. The van der Waals surface area contributed by atoms with Crippen molar-refractivity contribution in [3.63, 3.8) is 0 Å². The zero-order valence-electron chi connectivity index (χ0n) is 11.6. The molecule has 0 unspecified atom stereocenters. The topological polar surface area (TPSA) is 119 Å². The zero-order valence-corrected chi connectivity index (χ0v) is 11.6. The molecule has 1 aliphatic rings. The minimum atomic E-state index is -0.122. The van der Waals surface area contributed by atoms with Gasteiger partial charge in [-0.05, 0) is 47.8 Å². The Hall–Kier alpha value is -2.60. The monoisotopic (exact) mass is 289 g/mol. The number of fused-ring (bicyclic) bond motifs is 1. The van der Waals surface area contributed by atoms with Crippen molar-refractivity contribution < 1.29 is 9.47 Å². The van der Waals surface area contributed by atoms with Gasteiger partial charge in [0, 0.05) is 22.9 Å². The first-order valence-corrected chi connectivity index (χ1v) is 6.36. The maximum Gasteiger partial charge on any atom is 0.167 e. The molecule has 9 heteroatoms. The summed E-state index contributed by atoms with van der Waals surface area (Å²) in [4.78, 5) is 7.49. The molecule has 1 heterocycles. The van der Waals surface area contributed by atoms with E-state index in [-0.39, 0.29) is 13.5 Å². The van der Waals surface area contributed by atoms with Crippen LogP contribution in [-0.2, 0) is 13.0 Å². The molecule has 0 saturated heterocycles. The molecule has 0 atom stereocenters. The first-order valence-electron chi connectivity index (χ1n) is 6.36. The van der Waals surface area contributed by atoms with Crippen LogP contribution in [0, 0.1) is 0 Å². The van der Waals surface area contributed by atoms with Crippen molar-refractivity contribution >= 4 is 0 Å². The second kappa shape index (κ2) is 7.25. The van der Waals surface area contributed by atoms with Crippen LogP contribution >= 0.6 is 0 Å². The number of likely N-dealkylation sites (N-methyl/N-ethyl adjacent to an activating group) is 1. The number of azide groups is 2. The van der Waals surface area contributed by atoms with Crippen molar-refractivity contribution in [3.05, 3.63) is 44.1 Å². The number of hydrogen-bond donors (Lipinski definition) is 0. The molecule has 0 spiro atoms. The zero-order chi connectivity index (χ0) is 15.1. The van der Waals surface area contributed by atoms with E-state index in [2.05, 4.69) is 32.0 Å². The molecule has 21 heavy (non-hydrogen) atoms. The van der Waals surface area contributed by atoms with Gasteiger partial charge in [-0.1, -0.05) is 10.2 Å². The highest BCUT2D eigenvalue weighted by Crippen LogP contribution is 2.33. The Balaban J connectivity index is 2.26. The third-order valence-electron chi connectivity index (χ3n) is 3.15. The smallest absolute Gasteiger partial charge is 0.167 e. The van der Waals surface area contributed by atoms with Crippen LogP contribution in [0.1, 0.15) is 11.1 Å². The van der Waals surface area contributed by atoms with Crippen LogP contribution in [0.2, 0.25) is 0 Å². The van der Waals surface area contributed by atoms with Crippen LogP contribution < -0.4 is 9.47 Å². The third kappa shape index (κ3) is 3.93. The summed E-state index contributed by atoms with van der Waals surface area (Å²) in [6.45, 7) is 1.56. The summed E-state index contributed by atoms with van der Waals surface area (Å²) in [6.07, 6.45) is 0.917. The van der Waals surface area contributed by atoms with Gasteiger partial charge < -0.3 is 14.4 Å². The van der Waals surface area contributed by atoms with Crippen molar-refractivity contribution in [2.24, 2.45) is 10.2 Å². The Bertz CT molecular complexity index is 606. The normalized spacial score (nSPS) is 13.6. The number of hydrogen-bond acceptors (Lipinski definition) is 5. The first kappa shape index (κ1) is 14.8. The predicted molar refractivity (Wildman–Crippen MR) is 75.8 cm³/mol. The molecule has 0 fully saturated rings. The van der Waals surface area contributed by atoms with E-state index in [4.69, 9.17) is 20.5 Å². The van der Waals surface area contributed by atoms with Crippen LogP contribution in [0.15, 0.2) is 22.4 Å². The number of rotatable bonds is 6. The predicted octanol–water partition coefficient (Wildman–Crippen LogP) is 2.97. The first-order chi connectivity index (χ1) is 10.2. The highest BCUT2D eigenvalue weighted by molar-refractivity contribution is 5.48. The SMILES string of the molecule is CN1CCc2cc(OCN=[N+]=[N-])c(OCN=[N+]=[N-])cc2C1. The molecule has 0 N–H and O–H groups in total. The van der Waals surface area contributed by atoms with Crippen molar-refractivity contribution in [3.8, 4) is 11.5 Å². The van der Waals surface area contributed by atoms with Crippen molar-refractivity contribution in [1.29, 1.82) is 0 Å². The quantitative estimate of drug-likeness (QED) is 0.454. The average molecular weight is 289 g/mol. The van der Waals surface area contributed by atoms with Gasteiger partial charge in [0.1, 0.15) is 0 Å². The van der Waals surface area contributed by atoms with Crippen LogP contribution in [-0.4, -0.2) is 32.0 Å². The van der Waals surface area contributed by atoms with Gasteiger partial charge in [0.2, 0.25) is 0 Å². The van der Waals surface area contributed by atoms with Gasteiger partial charge in [0.25, 0.3) is 0 Å². The molecule has 2 rings (SSSR count). The Morgan fingerprint density at radius 2 is 1.67 bits per heavy atom. The Morgan fingerprint density at radius 3 is 2.24 bits per heavy atom. The summed E-state index contributed by atoms with van der Waals surface area (Å²) in [5.74, 6) is 0.962. The lowest BCUT2D eigenvalue weighted by Crippen LogP contribution is -2.26. The van der Waals surface area contributed by atoms with Gasteiger partial charge in [-0.15, -0.1) is 0 Å². The van der Waals surface area contributed by atoms with Gasteiger partial charge in [0.05, 0.1) is 0 Å². The molecule has 1 aliphatic heterocycles. The standard InChI is InChI=1S/C12H15N7O2/c1-19-3-2-9-4-11(20-7-15-17-13)12(5-10(9)6-19)21-8-16-18-14/h4-5H,2-3,6-8H2,1H3. The Kier molecular flexibility index (Phi) is 5.11. The molecule has 0 aliphatic carbocycles. The van der Waals surface area contributed by atoms with E-state index in [0.717, 1.165) is 25.1 Å². The fourth-order valence-electron chi connectivity index (χ4n) is 2.18. The summed E-state index contributed by atoms with van der Waals surface area (Å²) in [5, 5.41) is 6.68. The fourth-order valence-corrected chi connectivity index (χ4v) is 2.18. The summed E-state index contributed by atoms with van der Waals surface area (Å²) >= 11 is 0. The van der Waals surface area contributed by atoms with Gasteiger partial charge in [0.15, 0.2) is 25.0 Å². The van der Waals surface area contributed by atoms with Crippen LogP contribution in [0.4, 0.5) is 0 Å². The third-order valence-corrected chi connectivity index (χ3v) is 3.15. The molecule has 0 radical (unpaired) electrons. The fraction of sp³-hybridized carbons (Fsp3) is 0.500. The lowest BCUT2D eigenvalue weighted by atomic mass is 9.99. The van der Waals surface area contributed by atoms with Gasteiger partial charge in [-0.25, -0.2) is 0 Å². The van der Waals surface area contributed by atoms with E-state index in [1.807, 2.05) is 12.1 Å². The number of nitrogens with zero attached hydrogens (tertiary/aromatic N) is 7. The Labute approximate surface area is 121 Å². The van der Waals surface area contributed by atoms with E-state index in [9.17, 15) is 0 Å². The van der Waals surface area contributed by atoms with Gasteiger partial charge in [-0.2, -0.15) is 0 Å². The number of benzene rings is 1. The minimum Gasteiger partial charge on any atom is -0.484 e. The molecule has 0 aromatic heterocycles. The molecule has 1 aromatic rings. The molecule has 110 valence electrons. The van der Waals surface area contributed by atoms with E-state index < -0.39 is 0 Å². The lowest BCUT2D eigenvalue weighted by molar-refractivity contribution is 0.273. The van der Waals surface area contributed by atoms with E-state index >= 15 is 0 Å². The largest absolute Gasteiger partial charge is 0.484 e. The highest BCUT2D eigenvalue weighted by atomic mass is 16.5. The lowest BCUT2D eigenvalue weighted by Gasteiger charge is -2.26. The summed E-state index contributed by atoms with van der Waals surface area (Å²) < 4.78 is 10.8. The van der Waals surface area contributed by atoms with Crippen molar-refractivity contribution in [1.82, 2.24) is 4.90 Å². The van der Waals surface area contributed by atoms with Crippen molar-refractivity contribution in [2.45, 2.75) is 13.0 Å². The molecule has 0 amide bonds. The van der Waals surface area contributed by atoms with Crippen molar-refractivity contribution in [2.75, 3.05) is 27.1 Å². The second-order valence-corrected chi connectivity index (χ2v) is 4.56. The van der Waals surface area contributed by atoms with Crippen LogP contribution in [0.25, 0.3) is 20.9 Å². The Morgan fingerprint density at radius 1 is 1.10 bits per heavy atom. The molecular formula is C12H15N7O2. The maximum absolute atomic E-state index is 8.30. The number of ether oxygens (including phenoxy) is 2. The summed E-state index contributed by atoms with van der Waals surface area (Å²) in [5.41, 5.74) is 18.9. The van der Waals surface area contributed by atoms with Gasteiger partial charge >= 0.3 is 0 Å². The summed E-state index contributed by atoms with van der Waals surface area (Å²) in [6, 6.07) is 3.77. The average Bonchev–Trinajstić information content (AvgIpc) is 2.48. The van der Waals surface area contributed by atoms with Crippen LogP contribution in [0.5, 0.6) is 11.5 Å². The molecule has 0 saturated carbocycles. The van der Waals surface area contributed by atoms with E-state index in [1.54, 1.807) is 0 Å². The molecule has 1 aromatic carbocycles. The molecular weight excluding hydrogens is 274 g/mol. The summed E-state index contributed by atoms with van der Waals surface area (Å²) in [7, 11) is 2.05. The molecule has 0 bridgehead atoms. The maximum atomic E-state index is 8.30. The van der Waals surface area contributed by atoms with Gasteiger partial charge in [-0.3, -0.25) is 0 Å². The van der Waals surface area contributed by atoms with Crippen LogP contribution in [0.3, 0.4) is 0 Å². The molecule has 9 nitrogen and oxygen atoms in total.